The lowest BCUT2D eigenvalue weighted by Gasteiger charge is -2.15. The molecule has 1 rings (SSSR count). The molecule has 0 aromatic carbocycles. The van der Waals surface area contributed by atoms with Crippen LogP contribution in [0.15, 0.2) is 18.5 Å². The molecule has 5 heteroatoms. The molecule has 1 heterocycles. The number of hydrazine groups is 1. The molecule has 0 aliphatic rings. The van der Waals surface area contributed by atoms with Gasteiger partial charge in [0.1, 0.15) is 0 Å². The van der Waals surface area contributed by atoms with Crippen molar-refractivity contribution < 1.29 is 4.74 Å². The number of hydrogen-bond acceptors (Lipinski definition) is 4. The first kappa shape index (κ1) is 11.4. The Morgan fingerprint density at radius 1 is 1.71 bits per heavy atom. The van der Waals surface area contributed by atoms with E-state index in [1.165, 1.54) is 0 Å². The van der Waals surface area contributed by atoms with E-state index in [-0.39, 0.29) is 6.04 Å². The van der Waals surface area contributed by atoms with Crippen LogP contribution in [0.3, 0.4) is 0 Å². The van der Waals surface area contributed by atoms with Crippen LogP contribution >= 0.6 is 11.6 Å². The molecule has 78 valence electrons. The van der Waals surface area contributed by atoms with E-state index in [1.54, 1.807) is 19.5 Å². The molecule has 4 nitrogen and oxygen atoms in total. The van der Waals surface area contributed by atoms with Gasteiger partial charge in [-0.2, -0.15) is 0 Å². The van der Waals surface area contributed by atoms with Gasteiger partial charge in [-0.25, -0.2) is 0 Å². The van der Waals surface area contributed by atoms with Crippen LogP contribution in [0.2, 0.25) is 5.02 Å². The maximum atomic E-state index is 5.95. The van der Waals surface area contributed by atoms with Crippen LogP contribution in [-0.2, 0) is 11.2 Å². The van der Waals surface area contributed by atoms with E-state index in [0.717, 1.165) is 12.0 Å². The summed E-state index contributed by atoms with van der Waals surface area (Å²) in [5.41, 5.74) is 3.69. The third-order valence-electron chi connectivity index (χ3n) is 1.93. The predicted molar refractivity (Wildman–Crippen MR) is 55.9 cm³/mol. The minimum atomic E-state index is 0.0694. The van der Waals surface area contributed by atoms with Crippen LogP contribution in [-0.4, -0.2) is 24.7 Å². The Kier molecular flexibility index (Phi) is 4.82. The summed E-state index contributed by atoms with van der Waals surface area (Å²) in [7, 11) is 1.64. The maximum absolute atomic E-state index is 5.95. The normalized spacial score (nSPS) is 12.8. The summed E-state index contributed by atoms with van der Waals surface area (Å²) >= 11 is 5.95. The predicted octanol–water partition coefficient (Wildman–Crippen LogP) is 0.756. The van der Waals surface area contributed by atoms with E-state index in [1.807, 2.05) is 6.07 Å². The number of rotatable bonds is 5. The molecule has 0 bridgehead atoms. The van der Waals surface area contributed by atoms with E-state index >= 15 is 0 Å². The summed E-state index contributed by atoms with van der Waals surface area (Å²) < 4.78 is 5.01. The summed E-state index contributed by atoms with van der Waals surface area (Å²) in [5, 5.41) is 0.656. The van der Waals surface area contributed by atoms with E-state index in [0.29, 0.717) is 11.6 Å². The van der Waals surface area contributed by atoms with Gasteiger partial charge in [0, 0.05) is 25.5 Å². The van der Waals surface area contributed by atoms with Gasteiger partial charge in [0.25, 0.3) is 0 Å². The first-order valence-electron chi connectivity index (χ1n) is 4.31. The Bertz CT molecular complexity index is 283. The van der Waals surface area contributed by atoms with Gasteiger partial charge in [-0.15, -0.1) is 0 Å². The fourth-order valence-corrected chi connectivity index (χ4v) is 1.40. The molecular weight excluding hydrogens is 202 g/mol. The summed E-state index contributed by atoms with van der Waals surface area (Å²) in [6, 6.07) is 1.95. The third-order valence-corrected chi connectivity index (χ3v) is 2.27. The minimum absolute atomic E-state index is 0.0694. The number of ether oxygens (including phenoxy) is 1. The number of methoxy groups -OCH3 is 1. The molecular formula is C9H14ClN3O. The Morgan fingerprint density at radius 2 is 2.50 bits per heavy atom. The van der Waals surface area contributed by atoms with Crippen molar-refractivity contribution in [3.8, 4) is 0 Å². The molecule has 0 aliphatic carbocycles. The lowest BCUT2D eigenvalue weighted by molar-refractivity contribution is 0.166. The zero-order valence-corrected chi connectivity index (χ0v) is 8.79. The van der Waals surface area contributed by atoms with Crippen molar-refractivity contribution in [2.75, 3.05) is 13.7 Å². The van der Waals surface area contributed by atoms with E-state index < -0.39 is 0 Å². The van der Waals surface area contributed by atoms with E-state index in [4.69, 9.17) is 22.2 Å². The molecule has 0 spiro atoms. The van der Waals surface area contributed by atoms with Crippen molar-refractivity contribution in [1.82, 2.24) is 10.4 Å². The molecule has 14 heavy (non-hydrogen) atoms. The van der Waals surface area contributed by atoms with Crippen LogP contribution in [0.5, 0.6) is 0 Å². The molecule has 0 saturated carbocycles. The van der Waals surface area contributed by atoms with Crippen LogP contribution < -0.4 is 11.3 Å². The first-order chi connectivity index (χ1) is 6.77. The van der Waals surface area contributed by atoms with Gasteiger partial charge in [0.15, 0.2) is 0 Å². The van der Waals surface area contributed by atoms with Crippen LogP contribution in [0.4, 0.5) is 0 Å². The van der Waals surface area contributed by atoms with E-state index in [2.05, 4.69) is 10.4 Å². The second-order valence-corrected chi connectivity index (χ2v) is 3.40. The zero-order valence-electron chi connectivity index (χ0n) is 8.03. The fourth-order valence-electron chi connectivity index (χ4n) is 1.20. The van der Waals surface area contributed by atoms with Gasteiger partial charge >= 0.3 is 0 Å². The molecule has 0 amide bonds. The maximum Gasteiger partial charge on any atom is 0.0632 e. The Balaban J connectivity index is 2.62. The second kappa shape index (κ2) is 5.93. The van der Waals surface area contributed by atoms with Gasteiger partial charge in [0.05, 0.1) is 11.6 Å². The van der Waals surface area contributed by atoms with Gasteiger partial charge in [0.2, 0.25) is 0 Å². The number of aromatic nitrogens is 1. The largest absolute Gasteiger partial charge is 0.383 e. The van der Waals surface area contributed by atoms with Gasteiger partial charge < -0.3 is 4.74 Å². The number of pyridine rings is 1. The van der Waals surface area contributed by atoms with Gasteiger partial charge in [-0.3, -0.25) is 16.3 Å². The number of nitrogens with one attached hydrogen (secondary N) is 1. The number of nitrogens with two attached hydrogens (primary N) is 1. The summed E-state index contributed by atoms with van der Waals surface area (Å²) in [6.45, 7) is 0.551. The smallest absolute Gasteiger partial charge is 0.0632 e. The average molecular weight is 216 g/mol. The van der Waals surface area contributed by atoms with Crippen molar-refractivity contribution in [3.05, 3.63) is 29.0 Å². The van der Waals surface area contributed by atoms with Crippen molar-refractivity contribution in [2.24, 2.45) is 5.84 Å². The molecule has 3 N–H and O–H groups in total. The molecule has 1 aromatic heterocycles. The third kappa shape index (κ3) is 3.23. The van der Waals surface area contributed by atoms with Gasteiger partial charge in [-0.05, 0) is 18.1 Å². The highest BCUT2D eigenvalue weighted by Gasteiger charge is 2.09. The first-order valence-corrected chi connectivity index (χ1v) is 4.69. The fraction of sp³-hybridized carbons (Fsp3) is 0.444. The second-order valence-electron chi connectivity index (χ2n) is 2.99. The summed E-state index contributed by atoms with van der Waals surface area (Å²) in [5.74, 6) is 5.37. The monoisotopic (exact) mass is 215 g/mol. The average Bonchev–Trinajstić information content (AvgIpc) is 2.20. The van der Waals surface area contributed by atoms with Crippen LogP contribution in [0.1, 0.15) is 5.56 Å². The molecule has 0 saturated heterocycles. The molecule has 1 unspecified atom stereocenters. The lowest BCUT2D eigenvalue weighted by Crippen LogP contribution is -2.40. The lowest BCUT2D eigenvalue weighted by atomic mass is 10.1. The quantitative estimate of drug-likeness (QED) is 0.562. The molecule has 0 aliphatic heterocycles. The minimum Gasteiger partial charge on any atom is -0.383 e. The number of hydrogen-bond donors (Lipinski definition) is 2. The highest BCUT2D eigenvalue weighted by Crippen LogP contribution is 2.15. The Labute approximate surface area is 88.4 Å². The van der Waals surface area contributed by atoms with Crippen molar-refractivity contribution >= 4 is 11.6 Å². The van der Waals surface area contributed by atoms with Crippen LogP contribution in [0.25, 0.3) is 0 Å². The SMILES string of the molecule is COCC(Cc1ccncc1Cl)NN. The molecule has 1 aromatic rings. The number of nitrogens with zero attached hydrogens (tertiary/aromatic N) is 1. The topological polar surface area (TPSA) is 60.2 Å². The van der Waals surface area contributed by atoms with Crippen molar-refractivity contribution in [1.29, 1.82) is 0 Å². The Morgan fingerprint density at radius 3 is 3.07 bits per heavy atom. The van der Waals surface area contributed by atoms with Crippen LogP contribution in [0, 0.1) is 0 Å². The van der Waals surface area contributed by atoms with Gasteiger partial charge in [-0.1, -0.05) is 11.6 Å². The standard InChI is InChI=1S/C9H14ClN3O/c1-14-6-8(13-11)4-7-2-3-12-5-9(7)10/h2-3,5,8,13H,4,6,11H2,1H3. The van der Waals surface area contributed by atoms with E-state index in [9.17, 15) is 0 Å². The molecule has 0 radical (unpaired) electrons. The summed E-state index contributed by atoms with van der Waals surface area (Å²) in [6.07, 6.45) is 4.06. The highest BCUT2D eigenvalue weighted by atomic mass is 35.5. The number of halogens is 1. The highest BCUT2D eigenvalue weighted by molar-refractivity contribution is 6.31. The zero-order chi connectivity index (χ0) is 10.4. The molecule has 1 atom stereocenters. The Hall–Kier alpha value is -0.680. The molecule has 0 fully saturated rings. The van der Waals surface area contributed by atoms with Crippen molar-refractivity contribution in [3.63, 3.8) is 0 Å². The summed E-state index contributed by atoms with van der Waals surface area (Å²) in [4.78, 5) is 3.91. The van der Waals surface area contributed by atoms with Crippen molar-refractivity contribution in [2.45, 2.75) is 12.5 Å².